The molecule has 1 fully saturated rings. The van der Waals surface area contributed by atoms with Crippen molar-refractivity contribution in [2.75, 3.05) is 36.7 Å². The third-order valence-corrected chi connectivity index (χ3v) is 7.79. The summed E-state index contributed by atoms with van der Waals surface area (Å²) in [6, 6.07) is 11.6. The molecule has 0 aliphatic carbocycles. The minimum atomic E-state index is -0.744. The van der Waals surface area contributed by atoms with Crippen LogP contribution in [0, 0.1) is 6.92 Å². The summed E-state index contributed by atoms with van der Waals surface area (Å²) in [6.45, 7) is 3.66. The molecule has 184 valence electrons. The Morgan fingerprint density at radius 2 is 1.83 bits per heavy atom. The lowest BCUT2D eigenvalue weighted by atomic mass is 10.1. The van der Waals surface area contributed by atoms with Crippen LogP contribution < -0.4 is 19.7 Å². The number of rotatable bonds is 7. The first-order valence-corrected chi connectivity index (χ1v) is 12.8. The number of nitrogens with zero attached hydrogens (tertiary/aromatic N) is 3. The number of benzene rings is 2. The highest BCUT2D eigenvalue weighted by atomic mass is 32.2. The summed E-state index contributed by atoms with van der Waals surface area (Å²) in [4.78, 5) is 47.0. The average Bonchev–Trinajstić information content (AvgIpc) is 3.27. The molecule has 0 saturated carbocycles. The molecular weight excluding hydrogens is 488 g/mol. The van der Waals surface area contributed by atoms with Crippen molar-refractivity contribution in [3.05, 3.63) is 48.0 Å². The fourth-order valence-electron chi connectivity index (χ4n) is 3.81. The number of methoxy groups -OCH3 is 2. The van der Waals surface area contributed by atoms with Crippen LogP contribution in [-0.4, -0.2) is 65.1 Å². The summed E-state index contributed by atoms with van der Waals surface area (Å²) < 4.78 is 11.3. The van der Waals surface area contributed by atoms with E-state index >= 15 is 0 Å². The number of ether oxygens (including phenoxy) is 2. The molecule has 2 unspecified atom stereocenters. The van der Waals surface area contributed by atoms with Crippen molar-refractivity contribution in [1.82, 2.24) is 4.90 Å². The molecule has 35 heavy (non-hydrogen) atoms. The van der Waals surface area contributed by atoms with Gasteiger partial charge in [0.15, 0.2) is 11.5 Å². The second-order valence-electron chi connectivity index (χ2n) is 7.82. The van der Waals surface area contributed by atoms with E-state index in [0.717, 1.165) is 20.6 Å². The van der Waals surface area contributed by atoms with E-state index in [1.54, 1.807) is 30.3 Å². The third kappa shape index (κ3) is 5.10. The molecule has 9 nitrogen and oxygen atoms in total. The van der Waals surface area contributed by atoms with Crippen LogP contribution >= 0.6 is 23.5 Å². The highest BCUT2D eigenvalue weighted by molar-refractivity contribution is 8.39. The average molecular weight is 515 g/mol. The lowest BCUT2D eigenvalue weighted by molar-refractivity contribution is -0.122. The third-order valence-electron chi connectivity index (χ3n) is 5.50. The smallest absolute Gasteiger partial charge is 0.333 e. The van der Waals surface area contributed by atoms with E-state index in [2.05, 4.69) is 10.3 Å². The van der Waals surface area contributed by atoms with E-state index < -0.39 is 23.4 Å². The van der Waals surface area contributed by atoms with Crippen LogP contribution in [0.4, 0.5) is 16.2 Å². The number of urea groups is 1. The molecule has 2 atom stereocenters. The number of nitrogens with one attached hydrogen (secondary N) is 1. The molecule has 11 heteroatoms. The van der Waals surface area contributed by atoms with Crippen LogP contribution in [0.3, 0.4) is 0 Å². The molecule has 1 N–H and O–H groups in total. The molecule has 2 aliphatic heterocycles. The summed E-state index contributed by atoms with van der Waals surface area (Å²) in [5.41, 5.74) is 1.97. The zero-order chi connectivity index (χ0) is 25.1. The fourth-order valence-corrected chi connectivity index (χ4v) is 6.09. The molecular formula is C24H26N4O5S2. The minimum absolute atomic E-state index is 0.266. The Bertz CT molecular complexity index is 1170. The van der Waals surface area contributed by atoms with Gasteiger partial charge in [-0.3, -0.25) is 14.5 Å². The van der Waals surface area contributed by atoms with Crippen molar-refractivity contribution in [1.29, 1.82) is 0 Å². The molecule has 2 aliphatic rings. The quantitative estimate of drug-likeness (QED) is 0.597. The maximum atomic E-state index is 13.5. The molecule has 4 amide bonds. The summed E-state index contributed by atoms with van der Waals surface area (Å²) in [5, 5.41) is 2.18. The number of carbonyl (C=O) groups excluding carboxylic acids is 3. The Balaban J connectivity index is 1.60. The molecule has 1 saturated heterocycles. The normalized spacial score (nSPS) is 19.4. The van der Waals surface area contributed by atoms with E-state index in [1.807, 2.05) is 26.0 Å². The predicted molar refractivity (Wildman–Crippen MR) is 140 cm³/mol. The van der Waals surface area contributed by atoms with Gasteiger partial charge in [-0.1, -0.05) is 36.4 Å². The molecule has 2 aromatic carbocycles. The van der Waals surface area contributed by atoms with Gasteiger partial charge >= 0.3 is 6.03 Å². The molecule has 4 rings (SSSR count). The monoisotopic (exact) mass is 514 g/mol. The molecule has 2 heterocycles. The van der Waals surface area contributed by atoms with Gasteiger partial charge in [0.2, 0.25) is 5.91 Å². The number of hydrogen-bond acceptors (Lipinski definition) is 8. The summed E-state index contributed by atoms with van der Waals surface area (Å²) in [6.07, 6.45) is -0.744. The van der Waals surface area contributed by atoms with E-state index in [4.69, 9.17) is 9.47 Å². The van der Waals surface area contributed by atoms with Crippen LogP contribution in [0.5, 0.6) is 11.5 Å². The van der Waals surface area contributed by atoms with Gasteiger partial charge in [0, 0.05) is 11.8 Å². The van der Waals surface area contributed by atoms with Crippen LogP contribution in [0.25, 0.3) is 0 Å². The van der Waals surface area contributed by atoms with Crippen molar-refractivity contribution in [2.45, 2.75) is 25.3 Å². The Morgan fingerprint density at radius 1 is 1.11 bits per heavy atom. The zero-order valence-corrected chi connectivity index (χ0v) is 21.4. The van der Waals surface area contributed by atoms with Gasteiger partial charge in [-0.05, 0) is 36.9 Å². The zero-order valence-electron chi connectivity index (χ0n) is 19.8. The van der Waals surface area contributed by atoms with Gasteiger partial charge < -0.3 is 14.8 Å². The Hall–Kier alpha value is -3.18. The Morgan fingerprint density at radius 3 is 2.49 bits per heavy atom. The van der Waals surface area contributed by atoms with Gasteiger partial charge in [0.05, 0.1) is 19.9 Å². The number of carbonyl (C=O) groups is 3. The molecule has 0 aromatic heterocycles. The van der Waals surface area contributed by atoms with Gasteiger partial charge in [-0.25, -0.2) is 14.7 Å². The first-order chi connectivity index (χ1) is 16.9. The van der Waals surface area contributed by atoms with Crippen molar-refractivity contribution < 1.29 is 23.9 Å². The SMILES string of the molecule is CCSC1=NC2C(S1)C(=O)N(c1ccc(C)cc1)C(=O)N2CC(=O)Nc1ccc(OC)c(OC)c1. The number of aryl methyl sites for hydroxylation is 1. The van der Waals surface area contributed by atoms with Gasteiger partial charge in [0.25, 0.3) is 5.91 Å². The molecule has 0 spiro atoms. The maximum absolute atomic E-state index is 13.5. The van der Waals surface area contributed by atoms with Gasteiger partial charge in [-0.2, -0.15) is 0 Å². The second kappa shape index (κ2) is 10.6. The second-order valence-corrected chi connectivity index (χ2v) is 10.5. The van der Waals surface area contributed by atoms with Crippen LogP contribution in [0.15, 0.2) is 47.5 Å². The number of imide groups is 1. The maximum Gasteiger partial charge on any atom is 0.333 e. The molecule has 0 radical (unpaired) electrons. The van der Waals surface area contributed by atoms with Crippen molar-refractivity contribution in [2.24, 2.45) is 4.99 Å². The predicted octanol–water partition coefficient (Wildman–Crippen LogP) is 3.97. The Labute approximate surface area is 212 Å². The summed E-state index contributed by atoms with van der Waals surface area (Å²) in [5.74, 6) is 1.04. The molecule has 0 bridgehead atoms. The Kier molecular flexibility index (Phi) is 7.56. The van der Waals surface area contributed by atoms with Crippen molar-refractivity contribution in [3.8, 4) is 11.5 Å². The molecule has 2 aromatic rings. The summed E-state index contributed by atoms with van der Waals surface area (Å²) in [7, 11) is 3.04. The number of anilines is 2. The number of hydrogen-bond donors (Lipinski definition) is 1. The lowest BCUT2D eigenvalue weighted by Gasteiger charge is -2.39. The van der Waals surface area contributed by atoms with E-state index in [9.17, 15) is 14.4 Å². The van der Waals surface area contributed by atoms with Crippen LogP contribution in [0.2, 0.25) is 0 Å². The number of fused-ring (bicyclic) bond motifs is 1. The number of aliphatic imine (C=N–C) groups is 1. The standard InChI is InChI=1S/C24H26N4O5S2/c1-5-34-23-26-21-20(35-23)22(30)28(16-9-6-14(2)7-10-16)24(31)27(21)13-19(29)25-15-8-11-17(32-3)18(12-15)33-4/h6-12,20-21H,5,13H2,1-4H3,(H,25,29). The van der Waals surface area contributed by atoms with Gasteiger partial charge in [-0.15, -0.1) is 11.8 Å². The minimum Gasteiger partial charge on any atom is -0.493 e. The number of thioether (sulfide) groups is 2. The highest BCUT2D eigenvalue weighted by Crippen LogP contribution is 2.39. The first kappa shape index (κ1) is 24.9. The fraction of sp³-hybridized carbons (Fsp3) is 0.333. The lowest BCUT2D eigenvalue weighted by Crippen LogP contribution is -2.63. The van der Waals surface area contributed by atoms with E-state index in [-0.39, 0.29) is 12.5 Å². The van der Waals surface area contributed by atoms with Crippen LogP contribution in [0.1, 0.15) is 12.5 Å². The first-order valence-electron chi connectivity index (χ1n) is 11.0. The topological polar surface area (TPSA) is 101 Å². The van der Waals surface area contributed by atoms with E-state index in [1.165, 1.54) is 42.6 Å². The highest BCUT2D eigenvalue weighted by Gasteiger charge is 2.51. The van der Waals surface area contributed by atoms with Gasteiger partial charge in [0.1, 0.15) is 22.3 Å². The van der Waals surface area contributed by atoms with Crippen molar-refractivity contribution in [3.63, 3.8) is 0 Å². The van der Waals surface area contributed by atoms with E-state index in [0.29, 0.717) is 22.9 Å². The van der Waals surface area contributed by atoms with Crippen LogP contribution in [-0.2, 0) is 9.59 Å². The largest absolute Gasteiger partial charge is 0.493 e. The summed E-state index contributed by atoms with van der Waals surface area (Å²) >= 11 is 2.86. The number of amides is 4. The van der Waals surface area contributed by atoms with Crippen molar-refractivity contribution >= 4 is 57.1 Å².